The molecule has 5 N–H and O–H groups in total. The molecule has 0 radical (unpaired) electrons. The summed E-state index contributed by atoms with van der Waals surface area (Å²) in [6, 6.07) is -2.55. The third-order valence-electron chi connectivity index (χ3n) is 6.47. The minimum absolute atomic E-state index is 0.0383. The first-order chi connectivity index (χ1) is 18.5. The van der Waals surface area contributed by atoms with E-state index in [9.17, 15) is 44.1 Å². The van der Waals surface area contributed by atoms with Gasteiger partial charge in [-0.25, -0.2) is 0 Å². The SMILES string of the molecule is C=C1CC(=O)N(C(C)C(=O)NC(O)(CC)OCC(O)COC(O)(CC)NC(=O)C(C)N2C(=O)CC(=C)C2=O)C1=O. The lowest BCUT2D eigenvalue weighted by Crippen LogP contribution is -2.58. The highest BCUT2D eigenvalue weighted by Crippen LogP contribution is 2.22. The van der Waals surface area contributed by atoms with Crippen LogP contribution in [0.5, 0.6) is 0 Å². The van der Waals surface area contributed by atoms with Crippen LogP contribution in [0.2, 0.25) is 0 Å². The van der Waals surface area contributed by atoms with E-state index in [1.807, 2.05) is 0 Å². The van der Waals surface area contributed by atoms with Gasteiger partial charge in [-0.3, -0.25) is 38.6 Å². The molecule has 0 saturated carbocycles. The molecule has 222 valence electrons. The van der Waals surface area contributed by atoms with E-state index in [0.717, 1.165) is 9.80 Å². The molecule has 6 amide bonds. The maximum atomic E-state index is 12.6. The van der Waals surface area contributed by atoms with Crippen LogP contribution >= 0.6 is 0 Å². The van der Waals surface area contributed by atoms with Gasteiger partial charge in [-0.1, -0.05) is 27.0 Å². The van der Waals surface area contributed by atoms with Crippen molar-refractivity contribution < 1.29 is 53.6 Å². The van der Waals surface area contributed by atoms with Gasteiger partial charge in [0, 0.05) is 24.0 Å². The summed E-state index contributed by atoms with van der Waals surface area (Å²) < 4.78 is 10.5. The highest BCUT2D eigenvalue weighted by atomic mass is 16.7. The normalized spacial score (nSPS) is 21.3. The van der Waals surface area contributed by atoms with E-state index in [4.69, 9.17) is 9.47 Å². The Morgan fingerprint density at radius 1 is 0.825 bits per heavy atom. The summed E-state index contributed by atoms with van der Waals surface area (Å²) in [5.74, 6) is -9.01. The summed E-state index contributed by atoms with van der Waals surface area (Å²) >= 11 is 0. The van der Waals surface area contributed by atoms with Crippen molar-refractivity contribution in [1.82, 2.24) is 20.4 Å². The van der Waals surface area contributed by atoms with Crippen LogP contribution in [0.1, 0.15) is 53.4 Å². The van der Waals surface area contributed by atoms with Gasteiger partial charge < -0.3 is 35.4 Å². The topological polar surface area (TPSA) is 212 Å². The quantitative estimate of drug-likeness (QED) is 0.0890. The van der Waals surface area contributed by atoms with E-state index in [2.05, 4.69) is 23.8 Å². The fraction of sp³-hybridized carbons (Fsp3) is 0.600. The Kier molecular flexibility index (Phi) is 10.5. The predicted molar refractivity (Wildman–Crippen MR) is 135 cm³/mol. The van der Waals surface area contributed by atoms with Gasteiger partial charge in [-0.05, 0) is 13.8 Å². The smallest absolute Gasteiger partial charge is 0.257 e. The molecule has 2 saturated heterocycles. The zero-order chi connectivity index (χ0) is 30.6. The van der Waals surface area contributed by atoms with E-state index in [-0.39, 0.29) is 36.8 Å². The van der Waals surface area contributed by atoms with Gasteiger partial charge in [0.15, 0.2) is 0 Å². The average Bonchev–Trinajstić information content (AvgIpc) is 3.30. The van der Waals surface area contributed by atoms with Crippen molar-refractivity contribution >= 4 is 35.4 Å². The second-order valence-electron chi connectivity index (χ2n) is 9.58. The molecule has 4 unspecified atom stereocenters. The Morgan fingerprint density at radius 3 is 1.40 bits per heavy atom. The molecule has 15 nitrogen and oxygen atoms in total. The Morgan fingerprint density at radius 2 is 1.15 bits per heavy atom. The minimum Gasteiger partial charge on any atom is -0.388 e. The number of aliphatic hydroxyl groups excluding tert-OH is 1. The van der Waals surface area contributed by atoms with E-state index in [1.165, 1.54) is 27.7 Å². The fourth-order valence-electron chi connectivity index (χ4n) is 3.84. The number of hydrogen-bond acceptors (Lipinski definition) is 11. The van der Waals surface area contributed by atoms with Crippen molar-refractivity contribution in [3.05, 3.63) is 24.3 Å². The number of ether oxygens (including phenoxy) is 2. The minimum atomic E-state index is -2.29. The lowest BCUT2D eigenvalue weighted by atomic mass is 10.2. The van der Waals surface area contributed by atoms with Gasteiger partial charge in [0.1, 0.15) is 18.2 Å². The van der Waals surface area contributed by atoms with Gasteiger partial charge in [-0.15, -0.1) is 0 Å². The number of imide groups is 2. The fourth-order valence-corrected chi connectivity index (χ4v) is 3.84. The number of carbonyl (C=O) groups is 6. The molecular formula is C25H36N4O11. The summed E-state index contributed by atoms with van der Waals surface area (Å²) in [6.07, 6.45) is -2.30. The van der Waals surface area contributed by atoms with Gasteiger partial charge >= 0.3 is 0 Å². The first-order valence-electron chi connectivity index (χ1n) is 12.6. The molecule has 15 heteroatoms. The Bertz CT molecular complexity index is 1020. The van der Waals surface area contributed by atoms with Crippen LogP contribution in [-0.4, -0.2) is 104 Å². The summed E-state index contributed by atoms with van der Waals surface area (Å²) in [7, 11) is 0. The first-order valence-corrected chi connectivity index (χ1v) is 12.6. The Balaban J connectivity index is 1.91. The number of nitrogens with zero attached hydrogens (tertiary/aromatic N) is 2. The summed E-state index contributed by atoms with van der Waals surface area (Å²) in [5, 5.41) is 36.0. The van der Waals surface area contributed by atoms with Gasteiger partial charge in [-0.2, -0.15) is 0 Å². The standard InChI is InChI=1S/C25H36N4O11/c1-7-24(37,26-20(33)15(5)28-18(31)9-13(3)22(28)35)39-11-17(30)12-40-25(38,8-2)27-21(34)16(6)29-19(32)10-14(4)23(29)36/h15-17,30,37-38H,3-4,7-12H2,1-2,5-6H3,(H,26,33)(H,27,34). The molecule has 2 aliphatic rings. The summed E-state index contributed by atoms with van der Waals surface area (Å²) in [6.45, 7) is 11.2. The number of hydrogen-bond donors (Lipinski definition) is 5. The summed E-state index contributed by atoms with van der Waals surface area (Å²) in [5.41, 5.74) is 0.0766. The maximum absolute atomic E-state index is 12.6. The summed E-state index contributed by atoms with van der Waals surface area (Å²) in [4.78, 5) is 74.9. The number of carbonyl (C=O) groups excluding carboxylic acids is 6. The molecule has 0 aromatic rings. The Hall–Kier alpha value is -3.50. The van der Waals surface area contributed by atoms with E-state index >= 15 is 0 Å². The lowest BCUT2D eigenvalue weighted by Gasteiger charge is -2.33. The van der Waals surface area contributed by atoms with Crippen LogP contribution in [0.4, 0.5) is 0 Å². The van der Waals surface area contributed by atoms with Crippen molar-refractivity contribution in [1.29, 1.82) is 0 Å². The second-order valence-corrected chi connectivity index (χ2v) is 9.58. The van der Waals surface area contributed by atoms with Crippen LogP contribution in [0, 0.1) is 0 Å². The van der Waals surface area contributed by atoms with Gasteiger partial charge in [0.25, 0.3) is 11.8 Å². The van der Waals surface area contributed by atoms with Crippen LogP contribution in [0.3, 0.4) is 0 Å². The molecular weight excluding hydrogens is 532 g/mol. The molecule has 0 spiro atoms. The van der Waals surface area contributed by atoms with Gasteiger partial charge in [0.2, 0.25) is 35.5 Å². The number of nitrogens with one attached hydrogen (secondary N) is 2. The number of likely N-dealkylation sites (tertiary alicyclic amines) is 2. The monoisotopic (exact) mass is 568 g/mol. The van der Waals surface area contributed by atoms with Crippen LogP contribution in [-0.2, 0) is 38.2 Å². The van der Waals surface area contributed by atoms with E-state index < -0.39 is 78.7 Å². The van der Waals surface area contributed by atoms with E-state index in [0.29, 0.717) is 0 Å². The molecule has 40 heavy (non-hydrogen) atoms. The molecule has 2 fully saturated rings. The molecule has 4 atom stereocenters. The molecule has 0 aromatic heterocycles. The molecule has 0 bridgehead atoms. The zero-order valence-corrected chi connectivity index (χ0v) is 22.9. The van der Waals surface area contributed by atoms with Crippen molar-refractivity contribution in [3.63, 3.8) is 0 Å². The Labute approximate surface area is 230 Å². The number of rotatable bonds is 14. The number of amides is 6. The van der Waals surface area contributed by atoms with Crippen LogP contribution < -0.4 is 10.6 Å². The highest BCUT2D eigenvalue weighted by Gasteiger charge is 2.42. The maximum Gasteiger partial charge on any atom is 0.257 e. The van der Waals surface area contributed by atoms with Crippen molar-refractivity contribution in [2.45, 2.75) is 83.4 Å². The lowest BCUT2D eigenvalue weighted by molar-refractivity contribution is -0.257. The van der Waals surface area contributed by atoms with Crippen molar-refractivity contribution in [2.75, 3.05) is 13.2 Å². The molecule has 2 aliphatic heterocycles. The predicted octanol–water partition coefficient (Wildman–Crippen LogP) is -1.87. The average molecular weight is 569 g/mol. The van der Waals surface area contributed by atoms with Crippen LogP contribution in [0.25, 0.3) is 0 Å². The first kappa shape index (κ1) is 32.7. The largest absolute Gasteiger partial charge is 0.388 e. The molecule has 0 aromatic carbocycles. The van der Waals surface area contributed by atoms with Crippen molar-refractivity contribution in [3.8, 4) is 0 Å². The third-order valence-corrected chi connectivity index (χ3v) is 6.47. The molecule has 0 aliphatic carbocycles. The van der Waals surface area contributed by atoms with E-state index in [1.54, 1.807) is 0 Å². The zero-order valence-electron chi connectivity index (χ0n) is 22.9. The second kappa shape index (κ2) is 12.8. The van der Waals surface area contributed by atoms with Crippen molar-refractivity contribution in [2.24, 2.45) is 0 Å². The molecule has 2 rings (SSSR count). The number of aliphatic hydroxyl groups is 3. The highest BCUT2D eigenvalue weighted by molar-refractivity contribution is 6.15. The van der Waals surface area contributed by atoms with Gasteiger partial charge in [0.05, 0.1) is 26.1 Å². The molecule has 2 heterocycles. The van der Waals surface area contributed by atoms with Crippen LogP contribution in [0.15, 0.2) is 24.3 Å². The third kappa shape index (κ3) is 7.37.